The molecule has 3 rings (SSSR count). The molecule has 0 radical (unpaired) electrons. The Hall–Kier alpha value is -1.92. The highest BCUT2D eigenvalue weighted by Gasteiger charge is 2.40. The van der Waals surface area contributed by atoms with E-state index in [1.54, 1.807) is 6.33 Å². The van der Waals surface area contributed by atoms with E-state index in [1.165, 1.54) is 0 Å². The summed E-state index contributed by atoms with van der Waals surface area (Å²) in [7, 11) is 0. The van der Waals surface area contributed by atoms with Crippen molar-refractivity contribution in [3.8, 4) is 0 Å². The summed E-state index contributed by atoms with van der Waals surface area (Å²) in [6, 6.07) is 5.77. The number of ether oxygens (including phenoxy) is 1. The molecule has 20 heavy (non-hydrogen) atoms. The van der Waals surface area contributed by atoms with E-state index in [2.05, 4.69) is 14.9 Å². The number of aromatic amines is 1. The van der Waals surface area contributed by atoms with Gasteiger partial charge >= 0.3 is 0 Å². The van der Waals surface area contributed by atoms with E-state index in [-0.39, 0.29) is 5.91 Å². The van der Waals surface area contributed by atoms with E-state index in [4.69, 9.17) is 10.5 Å². The number of hydrogen-bond acceptors (Lipinski definition) is 4. The van der Waals surface area contributed by atoms with Crippen LogP contribution in [0.1, 0.15) is 12.5 Å². The van der Waals surface area contributed by atoms with Gasteiger partial charge in [-0.05, 0) is 24.6 Å². The number of amides is 1. The predicted octanol–water partition coefficient (Wildman–Crippen LogP) is 0.596. The number of rotatable bonds is 3. The van der Waals surface area contributed by atoms with Gasteiger partial charge in [-0.15, -0.1) is 0 Å². The first-order valence-corrected chi connectivity index (χ1v) is 6.68. The first-order valence-electron chi connectivity index (χ1n) is 6.68. The van der Waals surface area contributed by atoms with Crippen molar-refractivity contribution >= 4 is 16.9 Å². The minimum absolute atomic E-state index is 0.349. The van der Waals surface area contributed by atoms with Gasteiger partial charge in [-0.25, -0.2) is 4.98 Å². The molecular formula is C14H18N4O2. The van der Waals surface area contributed by atoms with Crippen LogP contribution in [0.2, 0.25) is 0 Å². The smallest absolute Gasteiger partial charge is 0.242 e. The van der Waals surface area contributed by atoms with Crippen LogP contribution in [-0.4, -0.2) is 47.1 Å². The highest BCUT2D eigenvalue weighted by Crippen LogP contribution is 2.30. The quantitative estimate of drug-likeness (QED) is 0.858. The maximum absolute atomic E-state index is 12.1. The van der Waals surface area contributed by atoms with Gasteiger partial charge in [0.2, 0.25) is 5.91 Å². The normalized spacial score (nSPS) is 19.9. The van der Waals surface area contributed by atoms with E-state index in [0.29, 0.717) is 26.3 Å². The SMILES string of the molecule is CC(C(N)=O)(c1ccc2nc[nH]c2c1)N1CCOCC1. The van der Waals surface area contributed by atoms with Crippen molar-refractivity contribution < 1.29 is 9.53 Å². The van der Waals surface area contributed by atoms with Gasteiger partial charge in [-0.1, -0.05) is 6.07 Å². The van der Waals surface area contributed by atoms with Gasteiger partial charge in [-0.3, -0.25) is 9.69 Å². The highest BCUT2D eigenvalue weighted by molar-refractivity contribution is 5.87. The number of imidazole rings is 1. The fourth-order valence-corrected chi connectivity index (χ4v) is 2.73. The maximum Gasteiger partial charge on any atom is 0.242 e. The summed E-state index contributed by atoms with van der Waals surface area (Å²) >= 11 is 0. The van der Waals surface area contributed by atoms with Crippen molar-refractivity contribution in [2.24, 2.45) is 5.73 Å². The van der Waals surface area contributed by atoms with Crippen LogP contribution >= 0.6 is 0 Å². The molecule has 1 saturated heterocycles. The summed E-state index contributed by atoms with van der Waals surface area (Å²) in [5.41, 5.74) is 7.54. The minimum Gasteiger partial charge on any atom is -0.379 e. The van der Waals surface area contributed by atoms with Crippen molar-refractivity contribution in [1.82, 2.24) is 14.9 Å². The molecule has 0 bridgehead atoms. The van der Waals surface area contributed by atoms with Gasteiger partial charge in [0.15, 0.2) is 0 Å². The number of nitrogens with two attached hydrogens (primary N) is 1. The van der Waals surface area contributed by atoms with Crippen molar-refractivity contribution in [2.75, 3.05) is 26.3 Å². The third-order valence-electron chi connectivity index (χ3n) is 4.11. The molecule has 1 aromatic heterocycles. The molecule has 1 amide bonds. The molecule has 1 aliphatic rings. The predicted molar refractivity (Wildman–Crippen MR) is 75.0 cm³/mol. The molecular weight excluding hydrogens is 256 g/mol. The fraction of sp³-hybridized carbons (Fsp3) is 0.429. The van der Waals surface area contributed by atoms with Gasteiger partial charge in [0.05, 0.1) is 30.6 Å². The first kappa shape index (κ1) is 13.1. The standard InChI is InChI=1S/C14H18N4O2/c1-14(13(15)19,18-4-6-20-7-5-18)10-2-3-11-12(8-10)17-9-16-11/h2-3,8-9H,4-7H2,1H3,(H2,15,19)(H,16,17). The zero-order chi connectivity index (χ0) is 14.2. The number of primary amides is 1. The number of H-pyrrole nitrogens is 1. The Labute approximate surface area is 116 Å². The van der Waals surface area contributed by atoms with Crippen LogP contribution in [0.4, 0.5) is 0 Å². The van der Waals surface area contributed by atoms with Crippen LogP contribution in [0.15, 0.2) is 24.5 Å². The molecule has 1 aliphatic heterocycles. The maximum atomic E-state index is 12.1. The molecule has 0 saturated carbocycles. The Kier molecular flexibility index (Phi) is 3.19. The number of aromatic nitrogens is 2. The van der Waals surface area contributed by atoms with Gasteiger partial charge in [0, 0.05) is 13.1 Å². The lowest BCUT2D eigenvalue weighted by atomic mass is 9.88. The van der Waals surface area contributed by atoms with E-state index < -0.39 is 5.54 Å². The number of nitrogens with zero attached hydrogens (tertiary/aromatic N) is 2. The van der Waals surface area contributed by atoms with Gasteiger partial charge in [-0.2, -0.15) is 0 Å². The molecule has 1 unspecified atom stereocenters. The van der Waals surface area contributed by atoms with Gasteiger partial charge < -0.3 is 15.5 Å². The molecule has 1 aromatic carbocycles. The summed E-state index contributed by atoms with van der Waals surface area (Å²) < 4.78 is 5.36. The molecule has 6 heteroatoms. The Morgan fingerprint density at radius 1 is 1.45 bits per heavy atom. The molecule has 2 aromatic rings. The second kappa shape index (κ2) is 4.88. The topological polar surface area (TPSA) is 84.2 Å². The molecule has 0 aliphatic carbocycles. The first-order chi connectivity index (χ1) is 9.62. The molecule has 0 spiro atoms. The summed E-state index contributed by atoms with van der Waals surface area (Å²) in [6.45, 7) is 4.50. The molecule has 1 fully saturated rings. The number of carbonyl (C=O) groups excluding carboxylic acids is 1. The van der Waals surface area contributed by atoms with Gasteiger partial charge in [0.1, 0.15) is 5.54 Å². The lowest BCUT2D eigenvalue weighted by Gasteiger charge is -2.41. The number of hydrogen-bond donors (Lipinski definition) is 2. The van der Waals surface area contributed by atoms with Crippen LogP contribution < -0.4 is 5.73 Å². The third-order valence-corrected chi connectivity index (χ3v) is 4.11. The molecule has 2 heterocycles. The Balaban J connectivity index is 2.06. The van der Waals surface area contributed by atoms with Crippen LogP contribution in [0.25, 0.3) is 11.0 Å². The molecule has 6 nitrogen and oxygen atoms in total. The number of nitrogens with one attached hydrogen (secondary N) is 1. The Morgan fingerprint density at radius 2 is 2.20 bits per heavy atom. The Bertz CT molecular complexity index is 633. The molecule has 1 atom stereocenters. The van der Waals surface area contributed by atoms with Crippen molar-refractivity contribution in [3.05, 3.63) is 30.1 Å². The van der Waals surface area contributed by atoms with Crippen LogP contribution in [0.3, 0.4) is 0 Å². The number of morpholine rings is 1. The summed E-state index contributed by atoms with van der Waals surface area (Å²) in [5, 5.41) is 0. The van der Waals surface area contributed by atoms with Crippen LogP contribution in [-0.2, 0) is 15.1 Å². The average Bonchev–Trinajstić information content (AvgIpc) is 2.94. The zero-order valence-corrected chi connectivity index (χ0v) is 11.4. The summed E-state index contributed by atoms with van der Waals surface area (Å²) in [6.07, 6.45) is 1.64. The minimum atomic E-state index is -0.830. The zero-order valence-electron chi connectivity index (χ0n) is 11.4. The van der Waals surface area contributed by atoms with E-state index in [9.17, 15) is 4.79 Å². The monoisotopic (exact) mass is 274 g/mol. The van der Waals surface area contributed by atoms with Crippen molar-refractivity contribution in [2.45, 2.75) is 12.5 Å². The lowest BCUT2D eigenvalue weighted by Crippen LogP contribution is -2.56. The van der Waals surface area contributed by atoms with Crippen molar-refractivity contribution in [1.29, 1.82) is 0 Å². The number of fused-ring (bicyclic) bond motifs is 1. The Morgan fingerprint density at radius 3 is 2.90 bits per heavy atom. The average molecular weight is 274 g/mol. The summed E-state index contributed by atoms with van der Waals surface area (Å²) in [4.78, 5) is 21.5. The van der Waals surface area contributed by atoms with Crippen LogP contribution in [0, 0.1) is 0 Å². The summed E-state index contributed by atoms with van der Waals surface area (Å²) in [5.74, 6) is -0.349. The largest absolute Gasteiger partial charge is 0.379 e. The number of benzene rings is 1. The second-order valence-corrected chi connectivity index (χ2v) is 5.17. The van der Waals surface area contributed by atoms with Crippen molar-refractivity contribution in [3.63, 3.8) is 0 Å². The number of carbonyl (C=O) groups is 1. The van der Waals surface area contributed by atoms with E-state index in [1.807, 2.05) is 25.1 Å². The second-order valence-electron chi connectivity index (χ2n) is 5.17. The molecule has 3 N–H and O–H groups in total. The van der Waals surface area contributed by atoms with Crippen LogP contribution in [0.5, 0.6) is 0 Å². The van der Waals surface area contributed by atoms with Gasteiger partial charge in [0.25, 0.3) is 0 Å². The molecule has 106 valence electrons. The third kappa shape index (κ3) is 1.97. The fourth-order valence-electron chi connectivity index (χ4n) is 2.73. The highest BCUT2D eigenvalue weighted by atomic mass is 16.5. The van der Waals surface area contributed by atoms with E-state index in [0.717, 1.165) is 16.6 Å². The lowest BCUT2D eigenvalue weighted by molar-refractivity contribution is -0.133. The van der Waals surface area contributed by atoms with E-state index >= 15 is 0 Å².